The van der Waals surface area contributed by atoms with Crippen LogP contribution in [0.4, 0.5) is 5.69 Å². The molecule has 0 bridgehead atoms. The van der Waals surface area contributed by atoms with E-state index in [1.54, 1.807) is 0 Å². The molecule has 0 unspecified atom stereocenters. The average Bonchev–Trinajstić information content (AvgIpc) is 2.70. The van der Waals surface area contributed by atoms with E-state index in [0.29, 0.717) is 25.9 Å². The summed E-state index contributed by atoms with van der Waals surface area (Å²) in [5.41, 5.74) is 18.6. The van der Waals surface area contributed by atoms with Crippen LogP contribution in [0.25, 0.3) is 0 Å². The van der Waals surface area contributed by atoms with E-state index in [1.807, 2.05) is 31.2 Å². The number of unbranched alkanes of at least 4 members (excludes halogenated alkanes) is 1. The highest BCUT2D eigenvalue weighted by Crippen LogP contribution is 2.11. The quantitative estimate of drug-likeness (QED) is 0.142. The Labute approximate surface area is 172 Å². The lowest BCUT2D eigenvalue weighted by atomic mass is 10.1. The van der Waals surface area contributed by atoms with E-state index >= 15 is 0 Å². The van der Waals surface area contributed by atoms with E-state index in [-0.39, 0.29) is 17.8 Å². The Kier molecular flexibility index (Phi) is 11.4. The van der Waals surface area contributed by atoms with Crippen molar-refractivity contribution in [1.82, 2.24) is 10.6 Å². The molecule has 1 aromatic carbocycles. The maximum absolute atomic E-state index is 12.0. The third kappa shape index (κ3) is 10.5. The minimum absolute atomic E-state index is 0.0490. The standard InChI is InChI=1S/C20H35N7O2/c1-2-16(21)19(29)27-15-10-8-14(9-11-15)6-5-13-25-18(28)17(22)7-3-4-12-26-20(23)24/h8-11,16-17H,2-7,12-13,21-22H2,1H3,(H,25,28)(H,27,29)(H4,23,24,26)/t16-,17-/m0/s1. The lowest BCUT2D eigenvalue weighted by Gasteiger charge is -2.13. The highest BCUT2D eigenvalue weighted by Gasteiger charge is 2.12. The van der Waals surface area contributed by atoms with Crippen LogP contribution in [0.1, 0.15) is 44.6 Å². The molecule has 0 saturated carbocycles. The van der Waals surface area contributed by atoms with Gasteiger partial charge in [-0.15, -0.1) is 0 Å². The van der Waals surface area contributed by atoms with Crippen molar-refractivity contribution in [1.29, 1.82) is 5.41 Å². The van der Waals surface area contributed by atoms with E-state index < -0.39 is 12.1 Å². The molecule has 0 saturated heterocycles. The third-order valence-electron chi connectivity index (χ3n) is 4.53. The van der Waals surface area contributed by atoms with Crippen molar-refractivity contribution in [3.63, 3.8) is 0 Å². The molecule has 0 aliphatic heterocycles. The predicted octanol–water partition coefficient (Wildman–Crippen LogP) is 0.392. The van der Waals surface area contributed by atoms with Crippen LogP contribution in [0.15, 0.2) is 24.3 Å². The normalized spacial score (nSPS) is 12.7. The SMILES string of the molecule is CC[C@H](N)C(=O)Nc1ccc(CCCNC(=O)[C@@H](N)CCCCNC(=N)N)cc1. The second-order valence-corrected chi connectivity index (χ2v) is 7.04. The molecule has 0 aromatic heterocycles. The van der Waals surface area contributed by atoms with Crippen LogP contribution in [-0.4, -0.2) is 42.9 Å². The number of hydrogen-bond donors (Lipinski definition) is 7. The summed E-state index contributed by atoms with van der Waals surface area (Å²) in [5.74, 6) is -0.378. The van der Waals surface area contributed by atoms with Crippen molar-refractivity contribution >= 4 is 23.5 Å². The maximum atomic E-state index is 12.0. The molecular weight excluding hydrogens is 370 g/mol. The zero-order valence-corrected chi connectivity index (χ0v) is 17.2. The van der Waals surface area contributed by atoms with E-state index in [2.05, 4.69) is 16.0 Å². The third-order valence-corrected chi connectivity index (χ3v) is 4.53. The smallest absolute Gasteiger partial charge is 0.241 e. The highest BCUT2D eigenvalue weighted by molar-refractivity contribution is 5.94. The molecule has 10 N–H and O–H groups in total. The van der Waals surface area contributed by atoms with Crippen LogP contribution < -0.4 is 33.2 Å². The number of aryl methyl sites for hydroxylation is 1. The summed E-state index contributed by atoms with van der Waals surface area (Å²) in [6, 6.07) is 6.59. The summed E-state index contributed by atoms with van der Waals surface area (Å²) >= 11 is 0. The van der Waals surface area contributed by atoms with Crippen LogP contribution >= 0.6 is 0 Å². The van der Waals surface area contributed by atoms with Crippen molar-refractivity contribution in [3.8, 4) is 0 Å². The molecule has 0 fully saturated rings. The largest absolute Gasteiger partial charge is 0.370 e. The molecule has 2 atom stereocenters. The fourth-order valence-electron chi connectivity index (χ4n) is 2.65. The van der Waals surface area contributed by atoms with Crippen molar-refractivity contribution in [2.45, 2.75) is 57.5 Å². The molecule has 1 aromatic rings. The van der Waals surface area contributed by atoms with Crippen molar-refractivity contribution < 1.29 is 9.59 Å². The topological polar surface area (TPSA) is 172 Å². The number of nitrogens with one attached hydrogen (secondary N) is 4. The summed E-state index contributed by atoms with van der Waals surface area (Å²) in [5, 5.41) is 15.4. The van der Waals surface area contributed by atoms with Gasteiger partial charge < -0.3 is 33.2 Å². The second kappa shape index (κ2) is 13.5. The number of carbonyl (C=O) groups excluding carboxylic acids is 2. The Bertz CT molecular complexity index is 649. The van der Waals surface area contributed by atoms with Gasteiger partial charge in [0.1, 0.15) is 0 Å². The second-order valence-electron chi connectivity index (χ2n) is 7.04. The first kappa shape index (κ1) is 24.4. The molecule has 0 aliphatic carbocycles. The van der Waals surface area contributed by atoms with Crippen molar-refractivity contribution in [2.24, 2.45) is 17.2 Å². The number of nitrogens with two attached hydrogens (primary N) is 3. The molecule has 2 amide bonds. The number of amides is 2. The first-order chi connectivity index (χ1) is 13.8. The van der Waals surface area contributed by atoms with Gasteiger partial charge in [0.05, 0.1) is 12.1 Å². The maximum Gasteiger partial charge on any atom is 0.241 e. The van der Waals surface area contributed by atoms with Crippen molar-refractivity contribution in [2.75, 3.05) is 18.4 Å². The Hall–Kier alpha value is -2.65. The van der Waals surface area contributed by atoms with E-state index in [9.17, 15) is 9.59 Å². The fourth-order valence-corrected chi connectivity index (χ4v) is 2.65. The van der Waals surface area contributed by atoms with E-state index in [1.165, 1.54) is 0 Å². The number of hydrogen-bond acceptors (Lipinski definition) is 5. The van der Waals surface area contributed by atoms with Gasteiger partial charge in [0, 0.05) is 18.8 Å². The molecule has 0 spiro atoms. The molecule has 0 aliphatic rings. The number of guanidine groups is 1. The molecule has 0 heterocycles. The highest BCUT2D eigenvalue weighted by atomic mass is 16.2. The minimum Gasteiger partial charge on any atom is -0.370 e. The van der Waals surface area contributed by atoms with E-state index in [4.69, 9.17) is 22.6 Å². The van der Waals surface area contributed by atoms with Gasteiger partial charge in [-0.3, -0.25) is 15.0 Å². The lowest BCUT2D eigenvalue weighted by molar-refractivity contribution is -0.122. The summed E-state index contributed by atoms with van der Waals surface area (Å²) in [6.07, 6.45) is 4.40. The van der Waals surface area contributed by atoms with Crippen LogP contribution in [0.3, 0.4) is 0 Å². The minimum atomic E-state index is -0.523. The molecule has 162 valence electrons. The van der Waals surface area contributed by atoms with Gasteiger partial charge in [-0.25, -0.2) is 0 Å². The Morgan fingerprint density at radius 2 is 1.62 bits per heavy atom. The summed E-state index contributed by atoms with van der Waals surface area (Å²) < 4.78 is 0. The van der Waals surface area contributed by atoms with Gasteiger partial charge in [-0.1, -0.05) is 19.1 Å². The van der Waals surface area contributed by atoms with Crippen LogP contribution in [-0.2, 0) is 16.0 Å². The summed E-state index contributed by atoms with van der Waals surface area (Å²) in [6.45, 7) is 3.03. The van der Waals surface area contributed by atoms with Crippen LogP contribution in [0, 0.1) is 5.41 Å². The molecule has 29 heavy (non-hydrogen) atoms. The van der Waals surface area contributed by atoms with Gasteiger partial charge >= 0.3 is 0 Å². The number of anilines is 1. The van der Waals surface area contributed by atoms with Gasteiger partial charge in [-0.2, -0.15) is 0 Å². The Balaban J connectivity index is 2.20. The molecule has 9 heteroatoms. The molecule has 1 rings (SSSR count). The van der Waals surface area contributed by atoms with Gasteiger partial charge in [0.2, 0.25) is 11.8 Å². The zero-order chi connectivity index (χ0) is 21.6. The Morgan fingerprint density at radius 1 is 0.966 bits per heavy atom. The number of rotatable bonds is 13. The summed E-state index contributed by atoms with van der Waals surface area (Å²) in [4.78, 5) is 23.8. The molecule has 0 radical (unpaired) electrons. The molecular formula is C20H35N7O2. The Morgan fingerprint density at radius 3 is 2.24 bits per heavy atom. The first-order valence-electron chi connectivity index (χ1n) is 10.1. The van der Waals surface area contributed by atoms with Gasteiger partial charge in [0.25, 0.3) is 0 Å². The molecule has 9 nitrogen and oxygen atoms in total. The predicted molar refractivity (Wildman–Crippen MR) is 116 cm³/mol. The van der Waals surface area contributed by atoms with Crippen LogP contribution in [0.2, 0.25) is 0 Å². The number of carbonyl (C=O) groups is 2. The van der Waals surface area contributed by atoms with Crippen LogP contribution in [0.5, 0.6) is 0 Å². The number of benzene rings is 1. The van der Waals surface area contributed by atoms with E-state index in [0.717, 1.165) is 36.9 Å². The van der Waals surface area contributed by atoms with Gasteiger partial charge in [0.15, 0.2) is 5.96 Å². The average molecular weight is 406 g/mol. The van der Waals surface area contributed by atoms with Gasteiger partial charge in [-0.05, 0) is 56.2 Å². The first-order valence-corrected chi connectivity index (χ1v) is 10.1. The fraction of sp³-hybridized carbons (Fsp3) is 0.550. The summed E-state index contributed by atoms with van der Waals surface area (Å²) in [7, 11) is 0. The monoisotopic (exact) mass is 405 g/mol. The zero-order valence-electron chi connectivity index (χ0n) is 17.2. The van der Waals surface area contributed by atoms with Crippen molar-refractivity contribution in [3.05, 3.63) is 29.8 Å². The lowest BCUT2D eigenvalue weighted by Crippen LogP contribution is -2.41.